The topological polar surface area (TPSA) is 89.9 Å². The van der Waals surface area contributed by atoms with Crippen molar-refractivity contribution in [3.63, 3.8) is 0 Å². The maximum atomic E-state index is 12.2. The lowest BCUT2D eigenvalue weighted by Gasteiger charge is -2.36. The molecule has 0 bridgehead atoms. The van der Waals surface area contributed by atoms with E-state index in [2.05, 4.69) is 5.32 Å². The van der Waals surface area contributed by atoms with E-state index in [0.29, 0.717) is 0 Å². The molecule has 110 valence electrons. The predicted molar refractivity (Wildman–Crippen MR) is 75.8 cm³/mol. The van der Waals surface area contributed by atoms with E-state index < -0.39 is 17.6 Å². The number of nitrogens with zero attached hydrogens (tertiary/aromatic N) is 1. The molecular weight excluding hydrogens is 260 g/mol. The molecule has 0 aromatic heterocycles. The smallest absolute Gasteiger partial charge is 0.325 e. The predicted octanol–water partition coefficient (Wildman–Crippen LogP) is 1.20. The van der Waals surface area contributed by atoms with Crippen molar-refractivity contribution in [3.8, 4) is 5.75 Å². The highest BCUT2D eigenvalue weighted by atomic mass is 16.4. The number of phenols is 1. The van der Waals surface area contributed by atoms with Gasteiger partial charge < -0.3 is 20.4 Å². The molecule has 3 N–H and O–H groups in total. The zero-order chi connectivity index (χ0) is 15.5. The third-order valence-corrected chi connectivity index (χ3v) is 3.35. The van der Waals surface area contributed by atoms with Crippen LogP contribution in [0.25, 0.3) is 0 Å². The van der Waals surface area contributed by atoms with Crippen LogP contribution in [0, 0.1) is 0 Å². The van der Waals surface area contributed by atoms with Gasteiger partial charge >= 0.3 is 5.97 Å². The van der Waals surface area contributed by atoms with Crippen LogP contribution >= 0.6 is 0 Å². The van der Waals surface area contributed by atoms with Crippen LogP contribution in [0.1, 0.15) is 20.8 Å². The minimum atomic E-state index is -1.08. The Balaban J connectivity index is 2.88. The van der Waals surface area contributed by atoms with Crippen molar-refractivity contribution in [1.82, 2.24) is 5.32 Å². The Labute approximate surface area is 118 Å². The van der Waals surface area contributed by atoms with Gasteiger partial charge in [-0.3, -0.25) is 9.59 Å². The van der Waals surface area contributed by atoms with Gasteiger partial charge in [0.1, 0.15) is 17.3 Å². The van der Waals surface area contributed by atoms with E-state index in [1.807, 2.05) is 0 Å². The molecule has 0 heterocycles. The normalized spacial score (nSPS) is 12.6. The highest BCUT2D eigenvalue weighted by molar-refractivity contribution is 5.92. The number of hydrogen-bond acceptors (Lipinski definition) is 4. The molecule has 0 aliphatic carbocycles. The molecule has 0 fully saturated rings. The number of carbonyl (C=O) groups is 2. The molecule has 6 heteroatoms. The molecule has 0 radical (unpaired) electrons. The minimum Gasteiger partial charge on any atom is -0.508 e. The Bertz CT molecular complexity index is 496. The fourth-order valence-electron chi connectivity index (χ4n) is 1.59. The average molecular weight is 280 g/mol. The van der Waals surface area contributed by atoms with Crippen LogP contribution < -0.4 is 10.2 Å². The van der Waals surface area contributed by atoms with Gasteiger partial charge in [-0.2, -0.15) is 0 Å². The zero-order valence-electron chi connectivity index (χ0n) is 12.0. The van der Waals surface area contributed by atoms with Crippen molar-refractivity contribution in [2.45, 2.75) is 32.4 Å². The Morgan fingerprint density at radius 1 is 1.25 bits per heavy atom. The minimum absolute atomic E-state index is 0.143. The number of aromatic hydroxyl groups is 1. The fraction of sp³-hybridized carbons (Fsp3) is 0.429. The van der Waals surface area contributed by atoms with Crippen molar-refractivity contribution in [1.29, 1.82) is 0 Å². The van der Waals surface area contributed by atoms with Gasteiger partial charge in [0.05, 0.1) is 0 Å². The van der Waals surface area contributed by atoms with Crippen molar-refractivity contribution in [3.05, 3.63) is 24.3 Å². The molecule has 6 nitrogen and oxygen atoms in total. The third-order valence-electron chi connectivity index (χ3n) is 3.35. The number of carboxylic acid groups (broad SMARTS) is 1. The molecule has 1 aromatic carbocycles. The summed E-state index contributed by atoms with van der Waals surface area (Å²) in [5, 5.41) is 20.5. The fourth-order valence-corrected chi connectivity index (χ4v) is 1.59. The van der Waals surface area contributed by atoms with Gasteiger partial charge in [-0.1, -0.05) is 0 Å². The Morgan fingerprint density at radius 2 is 1.75 bits per heavy atom. The van der Waals surface area contributed by atoms with Crippen molar-refractivity contribution < 1.29 is 19.8 Å². The summed E-state index contributed by atoms with van der Waals surface area (Å²) < 4.78 is 0. The second kappa shape index (κ2) is 5.81. The van der Waals surface area contributed by atoms with E-state index in [4.69, 9.17) is 5.11 Å². The van der Waals surface area contributed by atoms with Gasteiger partial charge in [0.25, 0.3) is 0 Å². The summed E-state index contributed by atoms with van der Waals surface area (Å²) in [5.41, 5.74) is -0.188. The molecular formula is C14H20N2O4. The van der Waals surface area contributed by atoms with Gasteiger partial charge in [0.15, 0.2) is 0 Å². The van der Waals surface area contributed by atoms with E-state index in [1.165, 1.54) is 19.1 Å². The second-order valence-electron chi connectivity index (χ2n) is 5.17. The number of carbonyl (C=O) groups excluding carboxylic acids is 1. The number of nitrogens with one attached hydrogen (secondary N) is 1. The quantitative estimate of drug-likeness (QED) is 0.754. The van der Waals surface area contributed by atoms with Gasteiger partial charge in [-0.25, -0.2) is 0 Å². The number of rotatable bonds is 5. The lowest BCUT2D eigenvalue weighted by atomic mass is 10.0. The third kappa shape index (κ3) is 3.40. The van der Waals surface area contributed by atoms with Gasteiger partial charge in [0, 0.05) is 12.7 Å². The number of hydrogen-bond donors (Lipinski definition) is 3. The van der Waals surface area contributed by atoms with E-state index in [0.717, 1.165) is 5.69 Å². The molecule has 0 aliphatic heterocycles. The van der Waals surface area contributed by atoms with Crippen molar-refractivity contribution >= 4 is 17.6 Å². The number of aliphatic carboxylic acids is 1. The van der Waals surface area contributed by atoms with E-state index in [-0.39, 0.29) is 11.7 Å². The molecule has 1 amide bonds. The monoisotopic (exact) mass is 280 g/mol. The van der Waals surface area contributed by atoms with Crippen LogP contribution in [0.2, 0.25) is 0 Å². The first-order chi connectivity index (χ1) is 9.16. The van der Waals surface area contributed by atoms with E-state index in [1.54, 1.807) is 37.9 Å². The van der Waals surface area contributed by atoms with Gasteiger partial charge in [0.2, 0.25) is 5.91 Å². The van der Waals surface area contributed by atoms with E-state index >= 15 is 0 Å². The standard InChI is InChI=1S/C14H20N2O4/c1-9(12(18)19)15-13(20)14(2,3)16(4)10-5-7-11(17)8-6-10/h5-9,17H,1-4H3,(H,15,20)(H,18,19). The molecule has 1 unspecified atom stereocenters. The average Bonchev–Trinajstić information content (AvgIpc) is 2.38. The number of phenolic OH excluding ortho intramolecular Hbond substituents is 1. The molecule has 0 spiro atoms. The largest absolute Gasteiger partial charge is 0.508 e. The van der Waals surface area contributed by atoms with Crippen LogP contribution in [0.5, 0.6) is 5.75 Å². The molecule has 1 aromatic rings. The molecule has 0 saturated heterocycles. The van der Waals surface area contributed by atoms with E-state index in [9.17, 15) is 14.7 Å². The first-order valence-corrected chi connectivity index (χ1v) is 6.23. The molecule has 20 heavy (non-hydrogen) atoms. The second-order valence-corrected chi connectivity index (χ2v) is 5.17. The number of likely N-dealkylation sites (N-methyl/N-ethyl adjacent to an activating group) is 1. The highest BCUT2D eigenvalue weighted by Crippen LogP contribution is 2.24. The summed E-state index contributed by atoms with van der Waals surface area (Å²) in [5.74, 6) is -1.33. The summed E-state index contributed by atoms with van der Waals surface area (Å²) in [6, 6.07) is 5.48. The number of carboxylic acids is 1. The maximum absolute atomic E-state index is 12.2. The Kier molecular flexibility index (Phi) is 4.60. The number of amides is 1. The Morgan fingerprint density at radius 3 is 2.20 bits per heavy atom. The number of benzene rings is 1. The summed E-state index contributed by atoms with van der Waals surface area (Å²) >= 11 is 0. The summed E-state index contributed by atoms with van der Waals surface area (Å²) in [6.45, 7) is 4.81. The number of anilines is 1. The summed E-state index contributed by atoms with van der Waals surface area (Å²) in [7, 11) is 1.73. The lowest BCUT2D eigenvalue weighted by Crippen LogP contribution is -2.56. The lowest BCUT2D eigenvalue weighted by molar-refractivity contribution is -0.141. The zero-order valence-corrected chi connectivity index (χ0v) is 12.0. The van der Waals surface area contributed by atoms with Crippen LogP contribution in [0.15, 0.2) is 24.3 Å². The molecule has 1 atom stereocenters. The highest BCUT2D eigenvalue weighted by Gasteiger charge is 2.34. The first-order valence-electron chi connectivity index (χ1n) is 6.23. The van der Waals surface area contributed by atoms with Gasteiger partial charge in [-0.15, -0.1) is 0 Å². The maximum Gasteiger partial charge on any atom is 0.325 e. The Hall–Kier alpha value is -2.24. The summed E-state index contributed by atoms with van der Waals surface area (Å²) in [6.07, 6.45) is 0. The van der Waals surface area contributed by atoms with Crippen LogP contribution in [0.3, 0.4) is 0 Å². The van der Waals surface area contributed by atoms with Crippen LogP contribution in [-0.4, -0.2) is 40.7 Å². The summed E-state index contributed by atoms with van der Waals surface area (Å²) in [4.78, 5) is 24.7. The molecule has 0 saturated carbocycles. The van der Waals surface area contributed by atoms with Crippen molar-refractivity contribution in [2.75, 3.05) is 11.9 Å². The van der Waals surface area contributed by atoms with Crippen molar-refractivity contribution in [2.24, 2.45) is 0 Å². The first kappa shape index (κ1) is 15.8. The van der Waals surface area contributed by atoms with Crippen LogP contribution in [0.4, 0.5) is 5.69 Å². The molecule has 1 rings (SSSR count). The van der Waals surface area contributed by atoms with Gasteiger partial charge in [-0.05, 0) is 45.0 Å². The van der Waals surface area contributed by atoms with Crippen LogP contribution in [-0.2, 0) is 9.59 Å². The SMILES string of the molecule is CC(NC(=O)C(C)(C)N(C)c1ccc(O)cc1)C(=O)O. The molecule has 0 aliphatic rings.